The van der Waals surface area contributed by atoms with E-state index in [9.17, 15) is 31.9 Å². The van der Waals surface area contributed by atoms with E-state index < -0.39 is 35.8 Å². The first-order valence-electron chi connectivity index (χ1n) is 13.7. The SMILES string of the molecule is CCOc1cc(=O)[nH]cc1-c1ccc(CC(=O)Nc2cc(C(=O)NCCN3CC[C@H](OC)C3)cc(C(F)(F)F)c2)c(F)c1. The van der Waals surface area contributed by atoms with Crippen molar-refractivity contribution in [1.29, 1.82) is 0 Å². The molecule has 1 aromatic heterocycles. The lowest BCUT2D eigenvalue weighted by molar-refractivity contribution is -0.137. The highest BCUT2D eigenvalue weighted by Crippen LogP contribution is 2.33. The number of nitrogens with one attached hydrogen (secondary N) is 3. The number of aromatic nitrogens is 1. The van der Waals surface area contributed by atoms with Crippen molar-refractivity contribution < 1.29 is 36.6 Å². The van der Waals surface area contributed by atoms with E-state index in [0.29, 0.717) is 36.3 Å². The van der Waals surface area contributed by atoms with E-state index in [1.807, 2.05) is 0 Å². The van der Waals surface area contributed by atoms with Crippen LogP contribution in [0.15, 0.2) is 53.5 Å². The van der Waals surface area contributed by atoms with Crippen molar-refractivity contribution in [2.24, 2.45) is 0 Å². The number of hydrogen-bond donors (Lipinski definition) is 3. The van der Waals surface area contributed by atoms with E-state index in [0.717, 1.165) is 19.0 Å². The van der Waals surface area contributed by atoms with Crippen LogP contribution in [0.2, 0.25) is 0 Å². The van der Waals surface area contributed by atoms with Gasteiger partial charge in [0, 0.05) is 62.4 Å². The van der Waals surface area contributed by atoms with Crippen LogP contribution < -0.4 is 20.9 Å². The quantitative estimate of drug-likeness (QED) is 0.283. The van der Waals surface area contributed by atoms with Crippen molar-refractivity contribution in [2.75, 3.05) is 45.2 Å². The number of alkyl halides is 3. The standard InChI is InChI=1S/C30H32F4N4O5/c1-3-43-26-15-27(39)36-16-24(26)18-4-5-19(25(31)12-18)13-28(40)37-22-11-20(10-21(14-22)30(32,33)34)29(41)35-7-9-38-8-6-23(17-38)42-2/h4-5,10-12,14-16,23H,3,6-9,13,17H2,1-2H3,(H,35,41)(H,36,39)(H,37,40)/t23-/m0/s1. The van der Waals surface area contributed by atoms with E-state index in [1.165, 1.54) is 30.5 Å². The number of H-pyrrole nitrogens is 1. The molecule has 3 aromatic rings. The molecule has 0 radical (unpaired) electrons. The molecule has 0 spiro atoms. The van der Waals surface area contributed by atoms with Crippen LogP contribution >= 0.6 is 0 Å². The molecule has 230 valence electrons. The number of rotatable bonds is 11. The molecule has 0 saturated carbocycles. The molecular weight excluding hydrogens is 572 g/mol. The number of methoxy groups -OCH3 is 1. The fraction of sp³-hybridized carbons (Fsp3) is 0.367. The third-order valence-corrected chi connectivity index (χ3v) is 6.98. The average molecular weight is 605 g/mol. The fourth-order valence-electron chi connectivity index (χ4n) is 4.81. The second kappa shape index (κ2) is 13.8. The zero-order valence-electron chi connectivity index (χ0n) is 23.6. The molecule has 1 saturated heterocycles. The summed E-state index contributed by atoms with van der Waals surface area (Å²) in [5.41, 5.74) is -1.21. The van der Waals surface area contributed by atoms with Crippen molar-refractivity contribution in [3.63, 3.8) is 0 Å². The monoisotopic (exact) mass is 604 g/mol. The van der Waals surface area contributed by atoms with Gasteiger partial charge in [-0.3, -0.25) is 19.3 Å². The summed E-state index contributed by atoms with van der Waals surface area (Å²) in [6.45, 7) is 4.24. The molecular formula is C30H32F4N4O5. The molecule has 2 heterocycles. The summed E-state index contributed by atoms with van der Waals surface area (Å²) >= 11 is 0. The summed E-state index contributed by atoms with van der Waals surface area (Å²) in [4.78, 5) is 41.7. The Bertz CT molecular complexity index is 1530. The molecule has 0 bridgehead atoms. The maximum atomic E-state index is 15.0. The molecule has 0 aliphatic carbocycles. The zero-order valence-corrected chi connectivity index (χ0v) is 23.6. The van der Waals surface area contributed by atoms with Gasteiger partial charge in [0.2, 0.25) is 5.91 Å². The molecule has 43 heavy (non-hydrogen) atoms. The van der Waals surface area contributed by atoms with Crippen LogP contribution in [0.4, 0.5) is 23.2 Å². The Morgan fingerprint density at radius 3 is 2.60 bits per heavy atom. The van der Waals surface area contributed by atoms with Crippen LogP contribution in [0.3, 0.4) is 0 Å². The number of benzene rings is 2. The lowest BCUT2D eigenvalue weighted by atomic mass is 10.0. The molecule has 4 rings (SSSR count). The van der Waals surface area contributed by atoms with Gasteiger partial charge >= 0.3 is 6.18 Å². The van der Waals surface area contributed by atoms with Crippen LogP contribution in [-0.4, -0.2) is 67.7 Å². The Morgan fingerprint density at radius 2 is 1.93 bits per heavy atom. The molecule has 1 aliphatic rings. The number of pyridine rings is 1. The second-order valence-electron chi connectivity index (χ2n) is 10.0. The number of carbonyl (C=O) groups is 2. The third-order valence-electron chi connectivity index (χ3n) is 6.98. The van der Waals surface area contributed by atoms with Crippen molar-refractivity contribution in [3.8, 4) is 16.9 Å². The van der Waals surface area contributed by atoms with E-state index in [2.05, 4.69) is 20.5 Å². The fourth-order valence-corrected chi connectivity index (χ4v) is 4.81. The average Bonchev–Trinajstić information content (AvgIpc) is 3.42. The van der Waals surface area contributed by atoms with E-state index in [-0.39, 0.29) is 47.4 Å². The first-order chi connectivity index (χ1) is 20.5. The van der Waals surface area contributed by atoms with Crippen LogP contribution in [0.25, 0.3) is 11.1 Å². The minimum atomic E-state index is -4.77. The summed E-state index contributed by atoms with van der Waals surface area (Å²) < 4.78 is 66.6. The number of hydrogen-bond acceptors (Lipinski definition) is 6. The number of nitrogens with zero attached hydrogens (tertiary/aromatic N) is 1. The Hall–Kier alpha value is -4.23. The van der Waals surface area contributed by atoms with Crippen molar-refractivity contribution >= 4 is 17.5 Å². The maximum Gasteiger partial charge on any atom is 0.416 e. The van der Waals surface area contributed by atoms with Crippen molar-refractivity contribution in [2.45, 2.75) is 32.0 Å². The largest absolute Gasteiger partial charge is 0.493 e. The number of carbonyl (C=O) groups excluding carboxylic acids is 2. The van der Waals surface area contributed by atoms with Gasteiger partial charge in [0.1, 0.15) is 11.6 Å². The van der Waals surface area contributed by atoms with Gasteiger partial charge in [0.05, 0.1) is 24.7 Å². The third kappa shape index (κ3) is 8.42. The first-order valence-corrected chi connectivity index (χ1v) is 13.7. The predicted molar refractivity (Wildman–Crippen MR) is 152 cm³/mol. The van der Waals surface area contributed by atoms with Crippen LogP contribution in [-0.2, 0) is 22.1 Å². The highest BCUT2D eigenvalue weighted by molar-refractivity contribution is 5.98. The predicted octanol–water partition coefficient (Wildman–Crippen LogP) is 4.23. The minimum Gasteiger partial charge on any atom is -0.493 e. The Morgan fingerprint density at radius 1 is 1.14 bits per heavy atom. The van der Waals surface area contributed by atoms with E-state index in [4.69, 9.17) is 9.47 Å². The minimum absolute atomic E-state index is 0.00815. The molecule has 1 fully saturated rings. The van der Waals surface area contributed by atoms with Crippen LogP contribution in [0, 0.1) is 5.82 Å². The summed E-state index contributed by atoms with van der Waals surface area (Å²) in [6, 6.07) is 7.89. The highest BCUT2D eigenvalue weighted by atomic mass is 19.4. The van der Waals surface area contributed by atoms with Gasteiger partial charge in [-0.2, -0.15) is 13.2 Å². The Balaban J connectivity index is 1.44. The van der Waals surface area contributed by atoms with Gasteiger partial charge in [0.15, 0.2) is 0 Å². The molecule has 3 N–H and O–H groups in total. The van der Waals surface area contributed by atoms with Crippen LogP contribution in [0.1, 0.15) is 34.8 Å². The lowest BCUT2D eigenvalue weighted by Gasteiger charge is -2.17. The molecule has 13 heteroatoms. The van der Waals surface area contributed by atoms with E-state index in [1.54, 1.807) is 14.0 Å². The number of likely N-dealkylation sites (tertiary alicyclic amines) is 1. The normalized spacial score (nSPS) is 15.3. The molecule has 2 amide bonds. The second-order valence-corrected chi connectivity index (χ2v) is 10.0. The Labute approximate surface area is 245 Å². The zero-order chi connectivity index (χ0) is 31.1. The summed E-state index contributed by atoms with van der Waals surface area (Å²) in [7, 11) is 1.63. The lowest BCUT2D eigenvalue weighted by Crippen LogP contribution is -2.34. The van der Waals surface area contributed by atoms with E-state index >= 15 is 0 Å². The molecule has 2 aromatic carbocycles. The number of ether oxygens (including phenoxy) is 2. The Kier molecular flexibility index (Phi) is 10.2. The summed E-state index contributed by atoms with van der Waals surface area (Å²) in [6.07, 6.45) is -2.89. The van der Waals surface area contributed by atoms with Gasteiger partial charge in [-0.05, 0) is 48.7 Å². The molecule has 1 atom stereocenters. The number of halogens is 4. The van der Waals surface area contributed by atoms with Gasteiger partial charge in [-0.25, -0.2) is 4.39 Å². The van der Waals surface area contributed by atoms with Gasteiger partial charge < -0.3 is 25.1 Å². The van der Waals surface area contributed by atoms with Gasteiger partial charge in [0.25, 0.3) is 11.5 Å². The van der Waals surface area contributed by atoms with Crippen molar-refractivity contribution in [1.82, 2.24) is 15.2 Å². The number of aromatic amines is 1. The van der Waals surface area contributed by atoms with Crippen LogP contribution in [0.5, 0.6) is 5.75 Å². The summed E-state index contributed by atoms with van der Waals surface area (Å²) in [5, 5.41) is 4.97. The smallest absolute Gasteiger partial charge is 0.416 e. The summed E-state index contributed by atoms with van der Waals surface area (Å²) in [5.74, 6) is -1.98. The number of amides is 2. The highest BCUT2D eigenvalue weighted by Gasteiger charge is 2.32. The van der Waals surface area contributed by atoms with Gasteiger partial charge in [-0.15, -0.1) is 0 Å². The first kappa shape index (κ1) is 31.7. The van der Waals surface area contributed by atoms with Gasteiger partial charge in [-0.1, -0.05) is 12.1 Å². The molecule has 0 unspecified atom stereocenters. The van der Waals surface area contributed by atoms with Crippen molar-refractivity contribution in [3.05, 3.63) is 81.5 Å². The topological polar surface area (TPSA) is 113 Å². The number of anilines is 1. The molecule has 1 aliphatic heterocycles. The molecule has 9 nitrogen and oxygen atoms in total. The maximum absolute atomic E-state index is 15.0.